The monoisotopic (exact) mass is 524 g/mol. The van der Waals surface area contributed by atoms with Crippen molar-refractivity contribution in [3.8, 4) is 0 Å². The predicted octanol–water partition coefficient (Wildman–Crippen LogP) is -7.35. The Balaban J connectivity index is 2.83. The summed E-state index contributed by atoms with van der Waals surface area (Å²) < 4.78 is 0. The summed E-state index contributed by atoms with van der Waals surface area (Å²) in [4.78, 5) is 24.7. The Hall–Kier alpha value is -2.32. The molecule has 0 aromatic heterocycles. The average molecular weight is 524 g/mol. The van der Waals surface area contributed by atoms with Crippen LogP contribution in [0.15, 0.2) is 24.3 Å². The lowest BCUT2D eigenvalue weighted by Crippen LogP contribution is -2.55. The van der Waals surface area contributed by atoms with E-state index < -0.39 is 86.3 Å². The molecule has 1 aromatic carbocycles. The van der Waals surface area contributed by atoms with Gasteiger partial charge in [-0.3, -0.25) is 9.59 Å². The van der Waals surface area contributed by atoms with E-state index in [0.29, 0.717) is 0 Å². The Kier molecular flexibility index (Phi) is 12.7. The highest BCUT2D eigenvalue weighted by atomic mass is 16.4. The summed E-state index contributed by atoms with van der Waals surface area (Å²) in [6.07, 6.45) is -20.8. The molecule has 0 radical (unpaired) electrons. The van der Waals surface area contributed by atoms with E-state index in [1.54, 1.807) is 0 Å². The predicted molar refractivity (Wildman–Crippen MR) is 116 cm³/mol. The van der Waals surface area contributed by atoms with Crippen LogP contribution in [0.25, 0.3) is 0 Å². The van der Waals surface area contributed by atoms with Gasteiger partial charge in [-0.25, -0.2) is 0 Å². The molecule has 206 valence electrons. The quantitative estimate of drug-likeness (QED) is 0.101. The minimum absolute atomic E-state index is 0.268. The van der Waals surface area contributed by atoms with Crippen molar-refractivity contribution in [1.82, 2.24) is 10.6 Å². The number of hydrogen-bond donors (Lipinski definition) is 14. The number of hydrogen-bond acceptors (Lipinski definition) is 14. The molecule has 2 amide bonds. The van der Waals surface area contributed by atoms with Gasteiger partial charge in [0.25, 0.3) is 11.8 Å². The van der Waals surface area contributed by atoms with Crippen molar-refractivity contribution in [2.75, 3.05) is 13.2 Å². The van der Waals surface area contributed by atoms with Crippen LogP contribution in [-0.4, -0.2) is 148 Å². The van der Waals surface area contributed by atoms with Crippen LogP contribution < -0.4 is 10.6 Å². The molecule has 14 N–H and O–H groups in total. The molecule has 16 heteroatoms. The van der Waals surface area contributed by atoms with Gasteiger partial charge in [-0.15, -0.1) is 0 Å². The molecule has 0 saturated heterocycles. The molecule has 1 rings (SSSR count). The Morgan fingerprint density at radius 3 is 1.22 bits per heavy atom. The fourth-order valence-electron chi connectivity index (χ4n) is 2.86. The summed E-state index contributed by atoms with van der Waals surface area (Å²) in [5.74, 6) is -2.14. The zero-order chi connectivity index (χ0) is 27.7. The fourth-order valence-corrected chi connectivity index (χ4v) is 2.86. The molecule has 0 saturated carbocycles. The molecule has 16 nitrogen and oxygen atoms in total. The lowest BCUT2D eigenvalue weighted by atomic mass is 10.0. The molecular formula is C20H32N2O14. The molecule has 2 unspecified atom stereocenters. The minimum Gasteiger partial charge on any atom is -0.394 e. The summed E-state index contributed by atoms with van der Waals surface area (Å²) in [5, 5.41) is 118. The van der Waals surface area contributed by atoms with Crippen LogP contribution in [0, 0.1) is 0 Å². The maximum atomic E-state index is 12.4. The van der Waals surface area contributed by atoms with Crippen LogP contribution in [0.5, 0.6) is 0 Å². The molecule has 1 aromatic rings. The number of carbonyl (C=O) groups excluding carboxylic acids is 2. The van der Waals surface area contributed by atoms with Gasteiger partial charge < -0.3 is 71.9 Å². The smallest absolute Gasteiger partial charge is 0.253 e. The molecule has 0 bridgehead atoms. The number of amides is 2. The number of benzene rings is 1. The van der Waals surface area contributed by atoms with E-state index >= 15 is 0 Å². The van der Waals surface area contributed by atoms with Gasteiger partial charge in [0, 0.05) is 11.1 Å². The average Bonchev–Trinajstić information content (AvgIpc) is 2.89. The number of aliphatic hydroxyl groups excluding tert-OH is 12. The molecule has 0 heterocycles. The Labute approximate surface area is 203 Å². The van der Waals surface area contributed by atoms with Crippen molar-refractivity contribution in [3.05, 3.63) is 35.4 Å². The third kappa shape index (κ3) is 8.37. The standard InChI is InChI=1S/C20H32N2O14/c23-5-9(25)11(27)13(29)15(31)19(35)21-17(33)7-2-1-3-8(4-7)18(34)22-20(36)16(32)14(30)12(28)10(26)6-24/h1-4,9-16,19-20,23-32,35-36H,5-6H2,(H,21,33)(H,22,34)/t9-,10-,11+,12+,13+,14+,15+,16+,19?,20?/m0/s1. The SMILES string of the molecule is O=C(NC(O)[C@H](O)[C@H](O)[C@H](O)[C@@H](O)CO)c1cccc(C(=O)NC(O)[C@H](O)[C@H](O)[C@H](O)[C@@H](O)CO)c1. The highest BCUT2D eigenvalue weighted by molar-refractivity contribution is 5.99. The third-order valence-corrected chi connectivity index (χ3v) is 5.15. The summed E-state index contributed by atoms with van der Waals surface area (Å²) in [6.45, 7) is -1.92. The van der Waals surface area contributed by atoms with E-state index in [2.05, 4.69) is 0 Å². The molecule has 0 spiro atoms. The highest BCUT2D eigenvalue weighted by Gasteiger charge is 2.36. The number of aliphatic hydroxyl groups is 12. The molecule has 10 atom stereocenters. The van der Waals surface area contributed by atoms with Gasteiger partial charge in [0.1, 0.15) is 48.8 Å². The minimum atomic E-state index is -2.20. The first-order valence-electron chi connectivity index (χ1n) is 10.5. The van der Waals surface area contributed by atoms with Gasteiger partial charge >= 0.3 is 0 Å². The van der Waals surface area contributed by atoms with Gasteiger partial charge in [-0.1, -0.05) is 6.07 Å². The van der Waals surface area contributed by atoms with Crippen molar-refractivity contribution in [1.29, 1.82) is 0 Å². The van der Waals surface area contributed by atoms with Crippen molar-refractivity contribution in [2.45, 2.75) is 61.3 Å². The van der Waals surface area contributed by atoms with E-state index in [9.17, 15) is 60.7 Å². The lowest BCUT2D eigenvalue weighted by Gasteiger charge is -2.29. The van der Waals surface area contributed by atoms with Crippen LogP contribution in [0.4, 0.5) is 0 Å². The van der Waals surface area contributed by atoms with Crippen molar-refractivity contribution in [3.63, 3.8) is 0 Å². The van der Waals surface area contributed by atoms with Crippen molar-refractivity contribution in [2.24, 2.45) is 0 Å². The van der Waals surface area contributed by atoms with Crippen LogP contribution in [0.1, 0.15) is 20.7 Å². The normalized spacial score (nSPS) is 20.1. The first kappa shape index (κ1) is 31.7. The van der Waals surface area contributed by atoms with E-state index in [0.717, 1.165) is 6.07 Å². The topological polar surface area (TPSA) is 301 Å². The molecule has 0 aliphatic heterocycles. The van der Waals surface area contributed by atoms with Crippen LogP contribution in [0.2, 0.25) is 0 Å². The van der Waals surface area contributed by atoms with Gasteiger partial charge in [0.15, 0.2) is 12.5 Å². The first-order valence-corrected chi connectivity index (χ1v) is 10.5. The number of carbonyl (C=O) groups is 2. The first-order chi connectivity index (χ1) is 16.8. The van der Waals surface area contributed by atoms with E-state index in [1.807, 2.05) is 10.6 Å². The second-order valence-corrected chi connectivity index (χ2v) is 7.86. The lowest BCUT2D eigenvalue weighted by molar-refractivity contribution is -0.143. The van der Waals surface area contributed by atoms with Gasteiger partial charge in [0.2, 0.25) is 0 Å². The number of rotatable bonds is 14. The summed E-state index contributed by atoms with van der Waals surface area (Å²) >= 11 is 0. The third-order valence-electron chi connectivity index (χ3n) is 5.15. The van der Waals surface area contributed by atoms with E-state index in [-0.39, 0.29) is 11.1 Å². The van der Waals surface area contributed by atoms with Gasteiger partial charge in [0.05, 0.1) is 13.2 Å². The maximum absolute atomic E-state index is 12.4. The molecule has 0 fully saturated rings. The Bertz CT molecular complexity index is 781. The molecule has 36 heavy (non-hydrogen) atoms. The summed E-state index contributed by atoms with van der Waals surface area (Å²) in [7, 11) is 0. The van der Waals surface area contributed by atoms with Gasteiger partial charge in [-0.05, 0) is 18.2 Å². The van der Waals surface area contributed by atoms with Gasteiger partial charge in [-0.2, -0.15) is 0 Å². The zero-order valence-electron chi connectivity index (χ0n) is 18.7. The highest BCUT2D eigenvalue weighted by Crippen LogP contribution is 2.11. The maximum Gasteiger partial charge on any atom is 0.253 e. The van der Waals surface area contributed by atoms with Crippen LogP contribution in [0.3, 0.4) is 0 Å². The second-order valence-electron chi connectivity index (χ2n) is 7.86. The number of nitrogens with one attached hydrogen (secondary N) is 2. The molecule has 0 aliphatic rings. The zero-order valence-corrected chi connectivity index (χ0v) is 18.7. The van der Waals surface area contributed by atoms with Crippen LogP contribution in [-0.2, 0) is 0 Å². The van der Waals surface area contributed by atoms with Crippen molar-refractivity contribution >= 4 is 11.8 Å². The summed E-state index contributed by atoms with van der Waals surface area (Å²) in [6, 6.07) is 4.52. The summed E-state index contributed by atoms with van der Waals surface area (Å²) in [5.41, 5.74) is -0.535. The van der Waals surface area contributed by atoms with E-state index in [4.69, 9.17) is 10.2 Å². The van der Waals surface area contributed by atoms with Crippen LogP contribution >= 0.6 is 0 Å². The Morgan fingerprint density at radius 1 is 0.583 bits per heavy atom. The molecule has 0 aliphatic carbocycles. The second kappa shape index (κ2) is 14.4. The fraction of sp³-hybridized carbons (Fsp3) is 0.600. The molecular weight excluding hydrogens is 492 g/mol. The Morgan fingerprint density at radius 2 is 0.917 bits per heavy atom. The van der Waals surface area contributed by atoms with E-state index in [1.165, 1.54) is 18.2 Å². The largest absolute Gasteiger partial charge is 0.394 e. The van der Waals surface area contributed by atoms with Crippen molar-refractivity contribution < 1.29 is 70.9 Å².